The molecule has 8 heteroatoms. The van der Waals surface area contributed by atoms with Crippen LogP contribution in [0.2, 0.25) is 0 Å². The number of rotatable bonds is 8. The number of aliphatic hydroxyl groups excluding tert-OH is 1. The second-order valence-electron chi connectivity index (χ2n) is 7.31. The molecule has 0 aromatic heterocycles. The molecule has 31 heavy (non-hydrogen) atoms. The van der Waals surface area contributed by atoms with Crippen LogP contribution < -0.4 is 14.8 Å². The van der Waals surface area contributed by atoms with E-state index in [-0.39, 0.29) is 30.8 Å². The van der Waals surface area contributed by atoms with Crippen molar-refractivity contribution in [2.75, 3.05) is 25.3 Å². The predicted octanol–water partition coefficient (Wildman–Crippen LogP) is 3.26. The van der Waals surface area contributed by atoms with Gasteiger partial charge in [0.05, 0.1) is 12.3 Å². The molecule has 2 aliphatic rings. The zero-order valence-electron chi connectivity index (χ0n) is 17.0. The number of allylic oxidation sites excluding steroid dienone is 1. The molecule has 0 saturated carbocycles. The Morgan fingerprint density at radius 3 is 2.81 bits per heavy atom. The topological polar surface area (TPSA) is 106 Å². The first-order valence-electron chi connectivity index (χ1n) is 10.2. The van der Waals surface area contributed by atoms with Gasteiger partial charge < -0.3 is 34.5 Å². The zero-order chi connectivity index (χ0) is 21.6. The monoisotopic (exact) mass is 427 g/mol. The number of carbonyl (C=O) groups excluding carboxylic acids is 1. The summed E-state index contributed by atoms with van der Waals surface area (Å²) in [5, 5.41) is 21.6. The molecule has 2 heterocycles. The van der Waals surface area contributed by atoms with Gasteiger partial charge in [0.25, 0.3) is 5.91 Å². The van der Waals surface area contributed by atoms with Gasteiger partial charge >= 0.3 is 0 Å². The highest BCUT2D eigenvalue weighted by atomic mass is 16.7. The van der Waals surface area contributed by atoms with Crippen LogP contribution in [-0.4, -0.2) is 42.4 Å². The van der Waals surface area contributed by atoms with Crippen molar-refractivity contribution in [2.24, 2.45) is 0 Å². The van der Waals surface area contributed by atoms with Gasteiger partial charge in [0, 0.05) is 18.9 Å². The van der Waals surface area contributed by atoms with Gasteiger partial charge in [0.2, 0.25) is 13.1 Å². The summed E-state index contributed by atoms with van der Waals surface area (Å²) in [6.07, 6.45) is 2.97. The van der Waals surface area contributed by atoms with Crippen LogP contribution in [0.25, 0.3) is 0 Å². The van der Waals surface area contributed by atoms with Crippen LogP contribution in [0, 0.1) is 0 Å². The fourth-order valence-corrected chi connectivity index (χ4v) is 3.49. The van der Waals surface area contributed by atoms with Crippen molar-refractivity contribution in [3.8, 4) is 17.2 Å². The average Bonchev–Trinajstić information content (AvgIpc) is 3.26. The Balaban J connectivity index is 1.54. The fraction of sp³-hybridized carbons (Fsp3) is 0.348. The van der Waals surface area contributed by atoms with Crippen LogP contribution in [-0.2, 0) is 14.3 Å². The van der Waals surface area contributed by atoms with Gasteiger partial charge in [-0.05, 0) is 48.7 Å². The van der Waals surface area contributed by atoms with Gasteiger partial charge in [-0.2, -0.15) is 0 Å². The maximum atomic E-state index is 12.9. The lowest BCUT2D eigenvalue weighted by Gasteiger charge is -2.29. The number of carbonyl (C=O) groups is 1. The van der Waals surface area contributed by atoms with Gasteiger partial charge in [-0.1, -0.05) is 18.2 Å². The Labute approximate surface area is 180 Å². The molecule has 4 rings (SSSR count). The van der Waals surface area contributed by atoms with Crippen LogP contribution >= 0.6 is 0 Å². The average molecular weight is 427 g/mol. The van der Waals surface area contributed by atoms with E-state index in [2.05, 4.69) is 5.32 Å². The smallest absolute Gasteiger partial charge is 0.290 e. The third-order valence-electron chi connectivity index (χ3n) is 5.11. The predicted molar refractivity (Wildman–Crippen MR) is 112 cm³/mol. The molecule has 2 aromatic rings. The molecule has 1 amide bonds. The molecule has 2 aliphatic heterocycles. The molecule has 0 spiro atoms. The Kier molecular flexibility index (Phi) is 6.59. The summed E-state index contributed by atoms with van der Waals surface area (Å²) in [6, 6.07) is 12.2. The number of amides is 1. The van der Waals surface area contributed by atoms with Crippen LogP contribution in [0.4, 0.5) is 5.69 Å². The van der Waals surface area contributed by atoms with E-state index >= 15 is 0 Å². The van der Waals surface area contributed by atoms with Crippen LogP contribution in [0.5, 0.6) is 17.2 Å². The minimum atomic E-state index is -0.621. The largest absolute Gasteiger partial charge is 0.506 e. The molecule has 0 saturated heterocycles. The van der Waals surface area contributed by atoms with Gasteiger partial charge in [-0.15, -0.1) is 0 Å². The highest BCUT2D eigenvalue weighted by molar-refractivity contribution is 6.03. The van der Waals surface area contributed by atoms with Gasteiger partial charge in [-0.3, -0.25) is 4.79 Å². The number of phenolic OH excluding ortho intramolecular Hbond substituents is 1. The number of ether oxygens (including phenoxy) is 4. The molecule has 0 radical (unpaired) electrons. The van der Waals surface area contributed by atoms with Gasteiger partial charge in [0.1, 0.15) is 5.75 Å². The number of hydrogen-bond donors (Lipinski definition) is 3. The summed E-state index contributed by atoms with van der Waals surface area (Å²) in [4.78, 5) is 12.9. The molecule has 164 valence electrons. The normalized spacial score (nSPS) is 19.5. The van der Waals surface area contributed by atoms with Gasteiger partial charge in [0.15, 0.2) is 17.3 Å². The highest BCUT2D eigenvalue weighted by Gasteiger charge is 2.30. The highest BCUT2D eigenvalue weighted by Crippen LogP contribution is 2.38. The number of aliphatic hydroxyl groups is 1. The molecule has 3 N–H and O–H groups in total. The number of unbranched alkanes of at least 4 members (excludes halogenated alkanes) is 1. The fourth-order valence-electron chi connectivity index (χ4n) is 3.49. The summed E-state index contributed by atoms with van der Waals surface area (Å²) in [6.45, 7) is 0.698. The molecule has 0 fully saturated rings. The van der Waals surface area contributed by atoms with Crippen molar-refractivity contribution in [3.63, 3.8) is 0 Å². The summed E-state index contributed by atoms with van der Waals surface area (Å²) >= 11 is 0. The van der Waals surface area contributed by atoms with Gasteiger partial charge in [-0.25, -0.2) is 0 Å². The van der Waals surface area contributed by atoms with Crippen molar-refractivity contribution in [3.05, 3.63) is 59.9 Å². The molecule has 8 nitrogen and oxygen atoms in total. The number of para-hydroxylation sites is 2. The summed E-state index contributed by atoms with van der Waals surface area (Å²) in [7, 11) is 0. The van der Waals surface area contributed by atoms with E-state index < -0.39 is 12.2 Å². The first-order chi connectivity index (χ1) is 15.1. The molecule has 0 bridgehead atoms. The van der Waals surface area contributed by atoms with E-state index in [1.165, 1.54) is 6.07 Å². The third-order valence-corrected chi connectivity index (χ3v) is 5.11. The number of phenols is 1. The van der Waals surface area contributed by atoms with E-state index in [9.17, 15) is 9.90 Å². The minimum Gasteiger partial charge on any atom is -0.506 e. The number of benzene rings is 2. The third kappa shape index (κ3) is 5.10. The summed E-state index contributed by atoms with van der Waals surface area (Å²) in [5.74, 6) is 0.819. The first-order valence-corrected chi connectivity index (χ1v) is 10.2. The quantitative estimate of drug-likeness (QED) is 0.439. The molecule has 2 aromatic carbocycles. The molecule has 0 unspecified atom stereocenters. The Morgan fingerprint density at radius 2 is 1.97 bits per heavy atom. The Hall–Kier alpha value is -3.23. The standard InChI is InChI=1S/C23H25NO7/c25-9-3-4-10-28-22-13-16(15-7-8-19-20(11-15)30-14-29-19)12-21(31-22)23(27)24-17-5-1-2-6-18(17)26/h1-2,5-8,11-12,16,22,25-26H,3-4,9-10,13-14H2,(H,24,27)/t16-,22+/m0/s1. The van der Waals surface area contributed by atoms with E-state index in [4.69, 9.17) is 24.1 Å². The molecule has 2 atom stereocenters. The lowest BCUT2D eigenvalue weighted by Crippen LogP contribution is -2.29. The molecular weight excluding hydrogens is 402 g/mol. The SMILES string of the molecule is O=C(Nc1ccccc1O)C1=C[C@H](c2ccc3c(c2)OCO3)C[C@H](OCCCCO)O1. The van der Waals surface area contributed by atoms with Crippen LogP contribution in [0.15, 0.2) is 54.3 Å². The first kappa shape index (κ1) is 21.0. The number of anilines is 1. The lowest BCUT2D eigenvalue weighted by molar-refractivity contribution is -0.143. The van der Waals surface area contributed by atoms with E-state index in [0.29, 0.717) is 43.1 Å². The van der Waals surface area contributed by atoms with E-state index in [1.807, 2.05) is 18.2 Å². The zero-order valence-corrected chi connectivity index (χ0v) is 17.0. The summed E-state index contributed by atoms with van der Waals surface area (Å²) < 4.78 is 22.5. The second kappa shape index (κ2) is 9.72. The van der Waals surface area contributed by atoms with Crippen molar-refractivity contribution in [1.82, 2.24) is 0 Å². The van der Waals surface area contributed by atoms with Crippen molar-refractivity contribution in [2.45, 2.75) is 31.5 Å². The van der Waals surface area contributed by atoms with E-state index in [1.54, 1.807) is 24.3 Å². The van der Waals surface area contributed by atoms with Crippen molar-refractivity contribution in [1.29, 1.82) is 0 Å². The van der Waals surface area contributed by atoms with Crippen molar-refractivity contribution < 1.29 is 34.0 Å². The number of nitrogens with one attached hydrogen (secondary N) is 1. The maximum Gasteiger partial charge on any atom is 0.290 e. The second-order valence-corrected chi connectivity index (χ2v) is 7.31. The summed E-state index contributed by atoms with van der Waals surface area (Å²) in [5.41, 5.74) is 1.24. The Bertz CT molecular complexity index is 959. The Morgan fingerprint density at radius 1 is 1.13 bits per heavy atom. The van der Waals surface area contributed by atoms with Crippen LogP contribution in [0.3, 0.4) is 0 Å². The number of hydrogen-bond acceptors (Lipinski definition) is 7. The van der Waals surface area contributed by atoms with E-state index in [0.717, 1.165) is 5.56 Å². The number of fused-ring (bicyclic) bond motifs is 1. The molecule has 0 aliphatic carbocycles. The van der Waals surface area contributed by atoms with Crippen molar-refractivity contribution >= 4 is 11.6 Å². The lowest BCUT2D eigenvalue weighted by atomic mass is 9.92. The number of aromatic hydroxyl groups is 1. The van der Waals surface area contributed by atoms with Crippen LogP contribution in [0.1, 0.15) is 30.7 Å². The minimum absolute atomic E-state index is 0.0311. The maximum absolute atomic E-state index is 12.9. The molecular formula is C23H25NO7.